The smallest absolute Gasteiger partial charge is 0.283 e. The van der Waals surface area contributed by atoms with Crippen LogP contribution in [0.5, 0.6) is 0 Å². The van der Waals surface area contributed by atoms with Gasteiger partial charge in [-0.1, -0.05) is 23.2 Å². The molecule has 0 unspecified atom stereocenters. The first kappa shape index (κ1) is 21.8. The van der Waals surface area contributed by atoms with Crippen LogP contribution in [0.25, 0.3) is 11.8 Å². The number of aromatic nitrogens is 1. The summed E-state index contributed by atoms with van der Waals surface area (Å²) >= 11 is 13.0. The Morgan fingerprint density at radius 2 is 1.77 bits per heavy atom. The van der Waals surface area contributed by atoms with Crippen LogP contribution in [0.3, 0.4) is 0 Å². The van der Waals surface area contributed by atoms with Crippen molar-refractivity contribution in [3.8, 4) is 5.69 Å². The minimum absolute atomic E-state index is 0.00669. The van der Waals surface area contributed by atoms with E-state index in [0.29, 0.717) is 15.6 Å². The fourth-order valence-corrected chi connectivity index (χ4v) is 5.48. The number of hydrogen-bond acceptors (Lipinski definition) is 6. The van der Waals surface area contributed by atoms with Crippen LogP contribution in [-0.4, -0.2) is 45.5 Å². The zero-order chi connectivity index (χ0) is 22.7. The lowest BCUT2D eigenvalue weighted by Crippen LogP contribution is -2.35. The molecule has 4 rings (SSSR count). The molecule has 3 heterocycles. The Balaban J connectivity index is 1.77. The van der Waals surface area contributed by atoms with Gasteiger partial charge >= 0.3 is 0 Å². The first-order valence-corrected chi connectivity index (χ1v) is 12.3. The van der Waals surface area contributed by atoms with Crippen LogP contribution in [0.15, 0.2) is 39.9 Å². The van der Waals surface area contributed by atoms with Crippen molar-refractivity contribution in [2.45, 2.75) is 13.8 Å². The SMILES string of the molecule is Cc1cc(/C=C2\C(=N)N3N=C(S(C)(=O)=O)SC3=NC2=O)c(C)n1-c1cc(Cl)cc(Cl)c1. The number of hydrazone groups is 1. The number of carbonyl (C=O) groups is 1. The summed E-state index contributed by atoms with van der Waals surface area (Å²) in [4.78, 5) is 16.5. The average Bonchev–Trinajstić information content (AvgIpc) is 3.19. The van der Waals surface area contributed by atoms with Crippen LogP contribution in [-0.2, 0) is 14.6 Å². The molecule has 12 heteroatoms. The molecule has 0 saturated heterocycles. The third-order valence-corrected chi connectivity index (χ3v) is 7.64. The van der Waals surface area contributed by atoms with Crippen LogP contribution in [0.1, 0.15) is 17.0 Å². The quantitative estimate of drug-likeness (QED) is 0.632. The third kappa shape index (κ3) is 3.96. The van der Waals surface area contributed by atoms with Crippen LogP contribution < -0.4 is 0 Å². The van der Waals surface area contributed by atoms with E-state index < -0.39 is 15.7 Å². The molecule has 2 aliphatic heterocycles. The molecule has 0 radical (unpaired) electrons. The first-order chi connectivity index (χ1) is 14.5. The van der Waals surface area contributed by atoms with Gasteiger partial charge in [-0.05, 0) is 61.5 Å². The fraction of sp³-hybridized carbons (Fsp3) is 0.158. The van der Waals surface area contributed by atoms with Crippen molar-refractivity contribution in [1.29, 1.82) is 5.41 Å². The van der Waals surface area contributed by atoms with E-state index in [1.807, 2.05) is 24.5 Å². The number of carbonyl (C=O) groups excluding carboxylic acids is 1. The molecule has 0 bridgehead atoms. The molecule has 1 aromatic carbocycles. The summed E-state index contributed by atoms with van der Waals surface area (Å²) in [5.41, 5.74) is 3.14. The summed E-state index contributed by atoms with van der Waals surface area (Å²) in [6.07, 6.45) is 2.56. The minimum atomic E-state index is -3.59. The van der Waals surface area contributed by atoms with Crippen molar-refractivity contribution in [3.63, 3.8) is 0 Å². The summed E-state index contributed by atoms with van der Waals surface area (Å²) in [6, 6.07) is 7.05. The predicted octanol–water partition coefficient (Wildman–Crippen LogP) is 4.02. The number of hydrogen-bond donors (Lipinski definition) is 1. The summed E-state index contributed by atoms with van der Waals surface area (Å²) in [5.74, 6) is -0.874. The Bertz CT molecular complexity index is 1350. The second-order valence-corrected chi connectivity index (χ2v) is 11.0. The number of aliphatic imine (C=N–C) groups is 1. The number of halogens is 2. The molecule has 31 heavy (non-hydrogen) atoms. The maximum atomic E-state index is 12.6. The lowest BCUT2D eigenvalue weighted by molar-refractivity contribution is -0.114. The van der Waals surface area contributed by atoms with Gasteiger partial charge in [-0.25, -0.2) is 8.42 Å². The van der Waals surface area contributed by atoms with Gasteiger partial charge in [0.15, 0.2) is 5.84 Å². The zero-order valence-electron chi connectivity index (χ0n) is 16.5. The molecule has 2 aliphatic rings. The number of thioether (sulfide) groups is 1. The monoisotopic (exact) mass is 495 g/mol. The number of amides is 1. The maximum Gasteiger partial charge on any atom is 0.283 e. The fourth-order valence-electron chi connectivity index (χ4n) is 3.28. The highest BCUT2D eigenvalue weighted by Crippen LogP contribution is 2.31. The summed E-state index contributed by atoms with van der Waals surface area (Å²) in [6.45, 7) is 3.76. The van der Waals surface area contributed by atoms with Crippen LogP contribution in [0.4, 0.5) is 0 Å². The standard InChI is InChI=1S/C19H15Cl2N5O3S2/c1-9-4-11(10(2)25(9)14-7-12(20)6-13(21)8-14)5-15-16(22)26-18(23-17(15)27)30-19(24-26)31(3,28)29/h4-8,22H,1-3H3/b15-5+,22-16?. The average molecular weight is 496 g/mol. The summed E-state index contributed by atoms with van der Waals surface area (Å²) < 4.78 is 25.3. The van der Waals surface area contributed by atoms with Gasteiger partial charge in [0, 0.05) is 33.4 Å². The van der Waals surface area contributed by atoms with E-state index in [0.717, 1.165) is 40.1 Å². The highest BCUT2D eigenvalue weighted by molar-refractivity contribution is 8.42. The van der Waals surface area contributed by atoms with Gasteiger partial charge in [-0.2, -0.15) is 10.0 Å². The van der Waals surface area contributed by atoms with Crippen molar-refractivity contribution < 1.29 is 13.2 Å². The van der Waals surface area contributed by atoms with Gasteiger partial charge in [0.25, 0.3) is 5.91 Å². The minimum Gasteiger partial charge on any atom is -0.318 e. The Morgan fingerprint density at radius 3 is 2.39 bits per heavy atom. The van der Waals surface area contributed by atoms with E-state index in [4.69, 9.17) is 28.6 Å². The summed E-state index contributed by atoms with van der Waals surface area (Å²) in [7, 11) is -3.59. The number of sulfone groups is 1. The zero-order valence-corrected chi connectivity index (χ0v) is 19.6. The molecular formula is C19H15Cl2N5O3S2. The van der Waals surface area contributed by atoms with Crippen molar-refractivity contribution in [2.75, 3.05) is 6.26 Å². The maximum absolute atomic E-state index is 12.6. The Morgan fingerprint density at radius 1 is 1.13 bits per heavy atom. The highest BCUT2D eigenvalue weighted by atomic mass is 35.5. The van der Waals surface area contributed by atoms with Gasteiger partial charge in [0.2, 0.25) is 19.4 Å². The van der Waals surface area contributed by atoms with Gasteiger partial charge in [0.05, 0.1) is 5.57 Å². The molecule has 0 aliphatic carbocycles. The van der Waals surface area contributed by atoms with E-state index in [9.17, 15) is 13.2 Å². The number of nitrogens with one attached hydrogen (secondary N) is 1. The molecule has 8 nitrogen and oxygen atoms in total. The van der Waals surface area contributed by atoms with E-state index in [1.165, 1.54) is 0 Å². The Labute approximate surface area is 192 Å². The van der Waals surface area contributed by atoms with E-state index in [-0.39, 0.29) is 21.0 Å². The summed E-state index contributed by atoms with van der Waals surface area (Å²) in [5, 5.41) is 14.4. The molecule has 1 N–H and O–H groups in total. The molecular weight excluding hydrogens is 481 g/mol. The predicted molar refractivity (Wildman–Crippen MR) is 125 cm³/mol. The van der Waals surface area contributed by atoms with Gasteiger partial charge in [-0.15, -0.1) is 5.10 Å². The van der Waals surface area contributed by atoms with Crippen molar-refractivity contribution >= 4 is 72.2 Å². The van der Waals surface area contributed by atoms with Gasteiger partial charge < -0.3 is 4.57 Å². The first-order valence-electron chi connectivity index (χ1n) is 8.81. The Hall–Kier alpha value is -2.40. The lowest BCUT2D eigenvalue weighted by Gasteiger charge is -2.20. The largest absolute Gasteiger partial charge is 0.318 e. The Kier molecular flexibility index (Phi) is 5.37. The van der Waals surface area contributed by atoms with Gasteiger partial charge in [0.1, 0.15) is 0 Å². The number of rotatable bonds is 2. The molecule has 1 amide bonds. The molecule has 2 aromatic rings. The normalized spacial score (nSPS) is 17.8. The molecule has 0 saturated carbocycles. The van der Waals surface area contributed by atoms with Crippen molar-refractivity contribution in [1.82, 2.24) is 9.58 Å². The second-order valence-electron chi connectivity index (χ2n) is 6.95. The van der Waals surface area contributed by atoms with E-state index in [1.54, 1.807) is 24.3 Å². The van der Waals surface area contributed by atoms with Crippen LogP contribution in [0, 0.1) is 19.3 Å². The van der Waals surface area contributed by atoms with E-state index >= 15 is 0 Å². The van der Waals surface area contributed by atoms with Crippen LogP contribution >= 0.6 is 35.0 Å². The molecule has 160 valence electrons. The lowest BCUT2D eigenvalue weighted by atomic mass is 10.1. The van der Waals surface area contributed by atoms with E-state index in [2.05, 4.69) is 10.1 Å². The number of amidine groups is 2. The topological polar surface area (TPSA) is 108 Å². The molecule has 0 fully saturated rings. The number of benzene rings is 1. The second kappa shape index (κ2) is 7.63. The van der Waals surface area contributed by atoms with Crippen LogP contribution in [0.2, 0.25) is 10.0 Å². The van der Waals surface area contributed by atoms with Crippen molar-refractivity contribution in [3.05, 3.63) is 56.8 Å². The third-order valence-electron chi connectivity index (χ3n) is 4.63. The highest BCUT2D eigenvalue weighted by Gasteiger charge is 2.38. The molecule has 0 atom stereocenters. The molecule has 1 aromatic heterocycles. The number of fused-ring (bicyclic) bond motifs is 1. The molecule has 0 spiro atoms. The number of aryl methyl sites for hydroxylation is 1. The number of nitrogens with zero attached hydrogens (tertiary/aromatic N) is 4. The van der Waals surface area contributed by atoms with Gasteiger partial charge in [-0.3, -0.25) is 10.2 Å². The van der Waals surface area contributed by atoms with Crippen molar-refractivity contribution in [2.24, 2.45) is 10.1 Å².